The van der Waals surface area contributed by atoms with Gasteiger partial charge in [0.25, 0.3) is 0 Å². The third-order valence-electron chi connectivity index (χ3n) is 2.54. The molecule has 0 saturated heterocycles. The van der Waals surface area contributed by atoms with Gasteiger partial charge in [-0.1, -0.05) is 18.2 Å². The summed E-state index contributed by atoms with van der Waals surface area (Å²) in [6.07, 6.45) is 3.69. The maximum absolute atomic E-state index is 11.3. The Kier molecular flexibility index (Phi) is 3.33. The van der Waals surface area contributed by atoms with Gasteiger partial charge in [0.2, 0.25) is 0 Å². The second-order valence-electron chi connectivity index (χ2n) is 4.03. The molecule has 0 amide bonds. The number of methoxy groups -OCH3 is 1. The van der Waals surface area contributed by atoms with Crippen molar-refractivity contribution in [2.24, 2.45) is 0 Å². The number of rotatable bonds is 3. The van der Waals surface area contributed by atoms with E-state index in [1.54, 1.807) is 13.2 Å². The predicted octanol–water partition coefficient (Wildman–Crippen LogP) is 3.39. The Morgan fingerprint density at radius 2 is 2.06 bits per heavy atom. The monoisotopic (exact) mass is 242 g/mol. The van der Waals surface area contributed by atoms with Crippen molar-refractivity contribution in [2.75, 3.05) is 7.11 Å². The molecule has 1 heterocycles. The van der Waals surface area contributed by atoms with Crippen molar-refractivity contribution >= 4 is 17.0 Å². The zero-order valence-corrected chi connectivity index (χ0v) is 10.4. The minimum absolute atomic E-state index is 0.374. The van der Waals surface area contributed by atoms with Gasteiger partial charge in [-0.15, -0.1) is 0 Å². The molecule has 0 aliphatic rings. The quantitative estimate of drug-likeness (QED) is 0.611. The van der Waals surface area contributed by atoms with E-state index in [2.05, 4.69) is 6.58 Å². The second-order valence-corrected chi connectivity index (χ2v) is 4.03. The molecule has 0 atom stereocenters. The Morgan fingerprint density at radius 3 is 2.72 bits per heavy atom. The van der Waals surface area contributed by atoms with Crippen LogP contribution in [-0.4, -0.2) is 7.11 Å². The molecule has 1 aromatic carbocycles. The number of fused-ring (bicyclic) bond motifs is 1. The number of hydrogen-bond donors (Lipinski definition) is 0. The second kappa shape index (κ2) is 4.92. The highest BCUT2D eigenvalue weighted by Gasteiger charge is 2.08. The third-order valence-corrected chi connectivity index (χ3v) is 2.54. The Labute approximate surface area is 105 Å². The first-order valence-corrected chi connectivity index (χ1v) is 5.56. The van der Waals surface area contributed by atoms with Crippen LogP contribution in [0.1, 0.15) is 12.5 Å². The molecule has 0 aliphatic carbocycles. The normalized spacial score (nSPS) is 11.0. The molecule has 18 heavy (non-hydrogen) atoms. The van der Waals surface area contributed by atoms with Crippen molar-refractivity contribution in [3.05, 3.63) is 58.5 Å². The summed E-state index contributed by atoms with van der Waals surface area (Å²) in [6.45, 7) is 5.70. The lowest BCUT2D eigenvalue weighted by molar-refractivity contribution is 0.413. The van der Waals surface area contributed by atoms with Crippen LogP contribution in [0, 0.1) is 0 Å². The molecule has 0 spiro atoms. The van der Waals surface area contributed by atoms with Crippen LogP contribution in [0.3, 0.4) is 0 Å². The van der Waals surface area contributed by atoms with Crippen molar-refractivity contribution in [3.8, 4) is 5.75 Å². The smallest absolute Gasteiger partial charge is 0.336 e. The molecule has 1 aromatic heterocycles. The summed E-state index contributed by atoms with van der Waals surface area (Å²) in [7, 11) is 1.58. The Hall–Kier alpha value is -2.29. The summed E-state index contributed by atoms with van der Waals surface area (Å²) in [6, 6.07) is 6.84. The summed E-state index contributed by atoms with van der Waals surface area (Å²) in [5.41, 5.74) is 1.81. The Balaban J connectivity index is 2.75. The van der Waals surface area contributed by atoms with E-state index in [-0.39, 0.29) is 5.63 Å². The number of benzene rings is 1. The van der Waals surface area contributed by atoms with Gasteiger partial charge >= 0.3 is 5.63 Å². The lowest BCUT2D eigenvalue weighted by atomic mass is 10.1. The minimum Gasteiger partial charge on any atom is -0.496 e. The molecule has 0 aliphatic heterocycles. The van der Waals surface area contributed by atoms with Crippen molar-refractivity contribution in [1.82, 2.24) is 0 Å². The van der Waals surface area contributed by atoms with Crippen LogP contribution in [0.4, 0.5) is 0 Å². The Bertz CT molecular complexity index is 678. The number of ether oxygens (including phenoxy) is 1. The van der Waals surface area contributed by atoms with Crippen molar-refractivity contribution in [2.45, 2.75) is 6.92 Å². The van der Waals surface area contributed by atoms with Crippen LogP contribution in [0.5, 0.6) is 5.75 Å². The third kappa shape index (κ3) is 2.35. The van der Waals surface area contributed by atoms with Gasteiger partial charge in [-0.2, -0.15) is 0 Å². The van der Waals surface area contributed by atoms with Crippen LogP contribution >= 0.6 is 0 Å². The first kappa shape index (κ1) is 12.2. The van der Waals surface area contributed by atoms with Crippen LogP contribution < -0.4 is 10.4 Å². The van der Waals surface area contributed by atoms with Crippen LogP contribution in [0.2, 0.25) is 0 Å². The van der Waals surface area contributed by atoms with Gasteiger partial charge in [0.15, 0.2) is 0 Å². The number of allylic oxidation sites excluding steroid dienone is 2. The molecule has 0 unspecified atom stereocenters. The minimum atomic E-state index is -0.374. The lowest BCUT2D eigenvalue weighted by Crippen LogP contribution is -1.97. The van der Waals surface area contributed by atoms with Crippen molar-refractivity contribution in [3.63, 3.8) is 0 Å². The zero-order chi connectivity index (χ0) is 13.1. The van der Waals surface area contributed by atoms with Gasteiger partial charge in [-0.3, -0.25) is 0 Å². The SMILES string of the molecule is C=C(C)/C=C/c1c(OC)ccc2ccc(=O)oc12. The highest BCUT2D eigenvalue weighted by molar-refractivity contribution is 5.88. The fourth-order valence-electron chi connectivity index (χ4n) is 1.70. The molecule has 0 bridgehead atoms. The molecular formula is C15H14O3. The van der Waals surface area contributed by atoms with E-state index in [1.807, 2.05) is 31.2 Å². The highest BCUT2D eigenvalue weighted by atomic mass is 16.5. The van der Waals surface area contributed by atoms with Crippen molar-refractivity contribution < 1.29 is 9.15 Å². The van der Waals surface area contributed by atoms with Gasteiger partial charge < -0.3 is 9.15 Å². The molecule has 2 rings (SSSR count). The fraction of sp³-hybridized carbons (Fsp3) is 0.133. The number of hydrogen-bond acceptors (Lipinski definition) is 3. The van der Waals surface area contributed by atoms with E-state index in [4.69, 9.17) is 9.15 Å². The van der Waals surface area contributed by atoms with E-state index in [9.17, 15) is 4.79 Å². The largest absolute Gasteiger partial charge is 0.496 e. The molecule has 3 heteroatoms. The summed E-state index contributed by atoms with van der Waals surface area (Å²) < 4.78 is 10.5. The molecule has 0 N–H and O–H groups in total. The van der Waals surface area contributed by atoms with Gasteiger partial charge in [-0.05, 0) is 31.2 Å². The average Bonchev–Trinajstić information content (AvgIpc) is 2.35. The summed E-state index contributed by atoms with van der Waals surface area (Å²) in [5.74, 6) is 0.661. The van der Waals surface area contributed by atoms with Gasteiger partial charge in [0.1, 0.15) is 11.3 Å². The van der Waals surface area contributed by atoms with Crippen LogP contribution in [0.15, 0.2) is 51.7 Å². The molecule has 0 fully saturated rings. The first-order valence-electron chi connectivity index (χ1n) is 5.56. The van der Waals surface area contributed by atoms with Crippen LogP contribution in [0.25, 0.3) is 17.0 Å². The van der Waals surface area contributed by atoms with Gasteiger partial charge in [-0.25, -0.2) is 4.79 Å². The molecule has 0 saturated carbocycles. The molecule has 0 radical (unpaired) electrons. The Morgan fingerprint density at radius 1 is 1.33 bits per heavy atom. The lowest BCUT2D eigenvalue weighted by Gasteiger charge is -2.07. The van der Waals surface area contributed by atoms with Crippen molar-refractivity contribution in [1.29, 1.82) is 0 Å². The zero-order valence-electron chi connectivity index (χ0n) is 10.4. The topological polar surface area (TPSA) is 39.4 Å². The standard InChI is InChI=1S/C15H14O3/c1-10(2)4-7-12-13(17-3)8-5-11-6-9-14(16)18-15(11)12/h4-9H,1H2,2-3H3/b7-4+. The maximum Gasteiger partial charge on any atom is 0.336 e. The molecule has 92 valence electrons. The van der Waals surface area contributed by atoms with E-state index in [0.717, 1.165) is 16.5 Å². The first-order chi connectivity index (χ1) is 8.61. The summed E-state index contributed by atoms with van der Waals surface area (Å²) in [4.78, 5) is 11.3. The van der Waals surface area contributed by atoms with E-state index in [1.165, 1.54) is 6.07 Å². The van der Waals surface area contributed by atoms with E-state index >= 15 is 0 Å². The summed E-state index contributed by atoms with van der Waals surface area (Å²) in [5, 5.41) is 0.858. The average molecular weight is 242 g/mol. The van der Waals surface area contributed by atoms with E-state index in [0.29, 0.717) is 11.3 Å². The molecule has 3 nitrogen and oxygen atoms in total. The predicted molar refractivity (Wildman–Crippen MR) is 72.9 cm³/mol. The summed E-state index contributed by atoms with van der Waals surface area (Å²) >= 11 is 0. The van der Waals surface area contributed by atoms with E-state index < -0.39 is 0 Å². The maximum atomic E-state index is 11.3. The van der Waals surface area contributed by atoms with Gasteiger partial charge in [0, 0.05) is 11.5 Å². The van der Waals surface area contributed by atoms with Gasteiger partial charge in [0.05, 0.1) is 12.7 Å². The fourth-order valence-corrected chi connectivity index (χ4v) is 1.70. The highest BCUT2D eigenvalue weighted by Crippen LogP contribution is 2.28. The van der Waals surface area contributed by atoms with Crippen LogP contribution in [-0.2, 0) is 0 Å². The molecular weight excluding hydrogens is 228 g/mol. The molecule has 2 aromatic rings.